The van der Waals surface area contributed by atoms with Gasteiger partial charge in [0.25, 0.3) is 0 Å². The van der Waals surface area contributed by atoms with Crippen LogP contribution in [0.25, 0.3) is 0 Å². The summed E-state index contributed by atoms with van der Waals surface area (Å²) in [6, 6.07) is 0. The molecule has 19 heavy (non-hydrogen) atoms. The van der Waals surface area contributed by atoms with Gasteiger partial charge in [-0.1, -0.05) is 26.7 Å². The minimum absolute atomic E-state index is 0.430. The van der Waals surface area contributed by atoms with Crippen molar-refractivity contribution in [3.8, 4) is 0 Å². The molecule has 1 aliphatic carbocycles. The molecule has 1 heterocycles. The molecule has 1 N–H and O–H groups in total. The second kappa shape index (κ2) is 6.13. The highest BCUT2D eigenvalue weighted by molar-refractivity contribution is 4.96. The number of likely N-dealkylation sites (tertiary alicyclic amines) is 1. The van der Waals surface area contributed by atoms with Crippen LogP contribution in [0.15, 0.2) is 0 Å². The maximum absolute atomic E-state index is 3.65. The lowest BCUT2D eigenvalue weighted by atomic mass is 9.69. The van der Waals surface area contributed by atoms with Crippen LogP contribution in [0.5, 0.6) is 0 Å². The first-order chi connectivity index (χ1) is 8.97. The minimum atomic E-state index is 0.430. The highest BCUT2D eigenvalue weighted by atomic mass is 15.2. The topological polar surface area (TPSA) is 15.3 Å². The van der Waals surface area contributed by atoms with Crippen LogP contribution in [-0.4, -0.2) is 36.6 Å². The van der Waals surface area contributed by atoms with Gasteiger partial charge in [-0.25, -0.2) is 0 Å². The van der Waals surface area contributed by atoms with Gasteiger partial charge in [0.15, 0.2) is 0 Å². The van der Waals surface area contributed by atoms with Crippen LogP contribution in [0.2, 0.25) is 0 Å². The van der Waals surface area contributed by atoms with Crippen molar-refractivity contribution < 1.29 is 0 Å². The van der Waals surface area contributed by atoms with Crippen LogP contribution in [0.4, 0.5) is 0 Å². The molecular formula is C17H34N2. The van der Waals surface area contributed by atoms with E-state index in [9.17, 15) is 0 Å². The van der Waals surface area contributed by atoms with E-state index in [0.29, 0.717) is 11.0 Å². The van der Waals surface area contributed by atoms with E-state index >= 15 is 0 Å². The maximum atomic E-state index is 3.65. The lowest BCUT2D eigenvalue weighted by Gasteiger charge is -2.46. The van der Waals surface area contributed by atoms with Gasteiger partial charge in [-0.3, -0.25) is 4.90 Å². The van der Waals surface area contributed by atoms with Crippen LogP contribution >= 0.6 is 0 Å². The predicted molar refractivity (Wildman–Crippen MR) is 83.5 cm³/mol. The summed E-state index contributed by atoms with van der Waals surface area (Å²) < 4.78 is 0. The number of rotatable bonds is 5. The second-order valence-corrected chi connectivity index (χ2v) is 7.82. The first kappa shape index (κ1) is 15.3. The van der Waals surface area contributed by atoms with Gasteiger partial charge in [0.2, 0.25) is 0 Å². The molecule has 0 bridgehead atoms. The third kappa shape index (κ3) is 3.72. The van der Waals surface area contributed by atoms with Crippen molar-refractivity contribution in [2.75, 3.05) is 26.2 Å². The minimum Gasteiger partial charge on any atom is -0.316 e. The van der Waals surface area contributed by atoms with Crippen molar-refractivity contribution in [1.82, 2.24) is 10.2 Å². The molecule has 2 fully saturated rings. The van der Waals surface area contributed by atoms with Crippen LogP contribution in [-0.2, 0) is 0 Å². The summed E-state index contributed by atoms with van der Waals surface area (Å²) in [7, 11) is 0. The zero-order chi connectivity index (χ0) is 13.9. The van der Waals surface area contributed by atoms with Gasteiger partial charge in [-0.05, 0) is 64.0 Å². The lowest BCUT2D eigenvalue weighted by Crippen LogP contribution is -2.50. The molecule has 1 saturated carbocycles. The Morgan fingerprint density at radius 1 is 1.21 bits per heavy atom. The van der Waals surface area contributed by atoms with E-state index in [4.69, 9.17) is 0 Å². The summed E-state index contributed by atoms with van der Waals surface area (Å²) in [4.78, 5) is 2.78. The van der Waals surface area contributed by atoms with Crippen molar-refractivity contribution in [1.29, 1.82) is 0 Å². The van der Waals surface area contributed by atoms with E-state index in [0.717, 1.165) is 12.5 Å². The summed E-state index contributed by atoms with van der Waals surface area (Å²) in [6.45, 7) is 14.5. The fourth-order valence-electron chi connectivity index (χ4n) is 4.38. The van der Waals surface area contributed by atoms with Crippen LogP contribution < -0.4 is 5.32 Å². The Bertz CT molecular complexity index is 287. The van der Waals surface area contributed by atoms with Crippen molar-refractivity contribution in [2.24, 2.45) is 11.3 Å². The Kier molecular flexibility index (Phi) is 4.94. The van der Waals surface area contributed by atoms with Crippen molar-refractivity contribution in [3.05, 3.63) is 0 Å². The molecule has 0 aromatic carbocycles. The number of hydrogen-bond donors (Lipinski definition) is 1. The molecule has 2 unspecified atom stereocenters. The van der Waals surface area contributed by atoms with Gasteiger partial charge in [-0.15, -0.1) is 0 Å². The van der Waals surface area contributed by atoms with Crippen LogP contribution in [0.1, 0.15) is 66.2 Å². The fraction of sp³-hybridized carbons (Fsp3) is 1.00. The second-order valence-electron chi connectivity index (χ2n) is 7.82. The average molecular weight is 266 g/mol. The van der Waals surface area contributed by atoms with Crippen molar-refractivity contribution in [3.63, 3.8) is 0 Å². The normalized spacial score (nSPS) is 35.7. The first-order valence-electron chi connectivity index (χ1n) is 8.43. The summed E-state index contributed by atoms with van der Waals surface area (Å²) >= 11 is 0. The van der Waals surface area contributed by atoms with E-state index < -0.39 is 0 Å². The van der Waals surface area contributed by atoms with Gasteiger partial charge in [0.1, 0.15) is 0 Å². The lowest BCUT2D eigenvalue weighted by molar-refractivity contribution is 0.0504. The average Bonchev–Trinajstić information content (AvgIpc) is 2.66. The van der Waals surface area contributed by atoms with E-state index in [1.54, 1.807) is 0 Å². The molecule has 1 aliphatic heterocycles. The van der Waals surface area contributed by atoms with Crippen LogP contribution in [0.3, 0.4) is 0 Å². The summed E-state index contributed by atoms with van der Waals surface area (Å²) in [5, 5.41) is 3.65. The SMILES string of the molecule is CCNCC1(CN2CCCC2(C)C)CCCC(C)C1. The first-order valence-corrected chi connectivity index (χ1v) is 8.43. The number of nitrogens with zero attached hydrogens (tertiary/aromatic N) is 1. The molecule has 2 rings (SSSR count). The van der Waals surface area contributed by atoms with E-state index in [1.807, 2.05) is 0 Å². The van der Waals surface area contributed by atoms with Gasteiger partial charge < -0.3 is 5.32 Å². The smallest absolute Gasteiger partial charge is 0.0153 e. The Labute approximate surface area is 120 Å². The highest BCUT2D eigenvalue weighted by Crippen LogP contribution is 2.42. The van der Waals surface area contributed by atoms with Gasteiger partial charge in [-0.2, -0.15) is 0 Å². The third-order valence-electron chi connectivity index (χ3n) is 5.53. The molecule has 2 aliphatic rings. The molecule has 2 heteroatoms. The quantitative estimate of drug-likeness (QED) is 0.817. The number of nitrogens with one attached hydrogen (secondary N) is 1. The maximum Gasteiger partial charge on any atom is 0.0153 e. The molecule has 2 nitrogen and oxygen atoms in total. The molecule has 0 amide bonds. The molecule has 2 atom stereocenters. The zero-order valence-corrected chi connectivity index (χ0v) is 13.6. The number of hydrogen-bond acceptors (Lipinski definition) is 2. The molecule has 0 spiro atoms. The standard InChI is InChI=1S/C17H34N2/c1-5-18-13-17(10-6-8-15(2)12-17)14-19-11-7-9-16(19,3)4/h15,18H,5-14H2,1-4H3. The fourth-order valence-corrected chi connectivity index (χ4v) is 4.38. The van der Waals surface area contributed by atoms with E-state index in [-0.39, 0.29) is 0 Å². The molecular weight excluding hydrogens is 232 g/mol. The predicted octanol–water partition coefficient (Wildman–Crippen LogP) is 3.67. The highest BCUT2D eigenvalue weighted by Gasteiger charge is 2.41. The molecule has 0 radical (unpaired) electrons. The summed E-state index contributed by atoms with van der Waals surface area (Å²) in [5.41, 5.74) is 0.967. The van der Waals surface area contributed by atoms with Gasteiger partial charge in [0, 0.05) is 18.6 Å². The Morgan fingerprint density at radius 2 is 2.00 bits per heavy atom. The molecule has 0 aromatic heterocycles. The van der Waals surface area contributed by atoms with E-state index in [1.165, 1.54) is 58.2 Å². The Balaban J connectivity index is 2.04. The van der Waals surface area contributed by atoms with Gasteiger partial charge in [0.05, 0.1) is 0 Å². The van der Waals surface area contributed by atoms with Crippen molar-refractivity contribution in [2.45, 2.75) is 71.8 Å². The monoisotopic (exact) mass is 266 g/mol. The van der Waals surface area contributed by atoms with Gasteiger partial charge >= 0.3 is 0 Å². The van der Waals surface area contributed by atoms with Crippen LogP contribution in [0, 0.1) is 11.3 Å². The zero-order valence-electron chi connectivity index (χ0n) is 13.6. The Morgan fingerprint density at radius 3 is 2.58 bits per heavy atom. The summed E-state index contributed by atoms with van der Waals surface area (Å²) in [5.74, 6) is 0.915. The molecule has 1 saturated heterocycles. The molecule has 0 aromatic rings. The largest absolute Gasteiger partial charge is 0.316 e. The Hall–Kier alpha value is -0.0800. The third-order valence-corrected chi connectivity index (χ3v) is 5.53. The van der Waals surface area contributed by atoms with Crippen molar-refractivity contribution >= 4 is 0 Å². The van der Waals surface area contributed by atoms with E-state index in [2.05, 4.69) is 37.9 Å². The molecule has 112 valence electrons. The summed E-state index contributed by atoms with van der Waals surface area (Å²) in [6.07, 6.45) is 8.49.